The first kappa shape index (κ1) is 21.6. The molecule has 1 aromatic heterocycles. The minimum Gasteiger partial charge on any atom is -0.489 e. The standard InChI is InChI=1S/C24H17F3N2O2S/c25-17-6-9-20(26)16(10-17)13-31-18-7-8-19(21(27)11-18)24-29-22(14-32-24)23(30)28-12-15-4-2-1-3-5-15/h1-11,14H,12-13H2,(H,28,30). The first-order chi connectivity index (χ1) is 15.5. The van der Waals surface area contributed by atoms with Crippen LogP contribution in [0.1, 0.15) is 21.6 Å². The zero-order valence-corrected chi connectivity index (χ0v) is 17.5. The molecule has 32 heavy (non-hydrogen) atoms. The van der Waals surface area contributed by atoms with Gasteiger partial charge in [-0.1, -0.05) is 30.3 Å². The Bertz CT molecular complexity index is 1250. The first-order valence-corrected chi connectivity index (χ1v) is 10.5. The molecule has 0 bridgehead atoms. The van der Waals surface area contributed by atoms with Crippen LogP contribution in [0.15, 0.2) is 72.1 Å². The topological polar surface area (TPSA) is 51.2 Å². The van der Waals surface area contributed by atoms with Gasteiger partial charge in [0, 0.05) is 29.1 Å². The highest BCUT2D eigenvalue weighted by Gasteiger charge is 2.15. The summed E-state index contributed by atoms with van der Waals surface area (Å²) in [6, 6.07) is 16.6. The number of hydrogen-bond acceptors (Lipinski definition) is 4. The molecule has 0 aliphatic heterocycles. The highest BCUT2D eigenvalue weighted by atomic mass is 32.1. The van der Waals surface area contributed by atoms with Crippen molar-refractivity contribution in [1.29, 1.82) is 0 Å². The Kier molecular flexibility index (Phi) is 6.51. The van der Waals surface area contributed by atoms with Crippen LogP contribution >= 0.6 is 11.3 Å². The second-order valence-electron chi connectivity index (χ2n) is 6.87. The van der Waals surface area contributed by atoms with Gasteiger partial charge in [-0.05, 0) is 35.9 Å². The van der Waals surface area contributed by atoms with Gasteiger partial charge in [0.2, 0.25) is 0 Å². The van der Waals surface area contributed by atoms with Crippen molar-refractivity contribution in [2.45, 2.75) is 13.2 Å². The minimum atomic E-state index is -0.607. The number of thiazole rings is 1. The normalized spacial score (nSPS) is 10.7. The molecule has 3 aromatic carbocycles. The minimum absolute atomic E-state index is 0.0283. The summed E-state index contributed by atoms with van der Waals surface area (Å²) in [6.45, 7) is 0.115. The summed E-state index contributed by atoms with van der Waals surface area (Å²) in [5, 5.41) is 4.68. The van der Waals surface area contributed by atoms with E-state index in [2.05, 4.69) is 10.3 Å². The fourth-order valence-corrected chi connectivity index (χ4v) is 3.77. The quantitative estimate of drug-likeness (QED) is 0.388. The number of halogens is 3. The van der Waals surface area contributed by atoms with Crippen LogP contribution in [0, 0.1) is 17.5 Å². The predicted octanol–water partition coefficient (Wildman–Crippen LogP) is 5.74. The summed E-state index contributed by atoms with van der Waals surface area (Å²) in [5.41, 5.74) is 1.39. The number of nitrogens with one attached hydrogen (secondary N) is 1. The Morgan fingerprint density at radius 3 is 2.56 bits per heavy atom. The highest BCUT2D eigenvalue weighted by molar-refractivity contribution is 7.13. The number of benzene rings is 3. The molecular weight excluding hydrogens is 437 g/mol. The van der Waals surface area contributed by atoms with Crippen molar-refractivity contribution in [3.8, 4) is 16.3 Å². The third kappa shape index (κ3) is 5.15. The summed E-state index contributed by atoms with van der Waals surface area (Å²) >= 11 is 1.14. The number of amides is 1. The van der Waals surface area contributed by atoms with E-state index < -0.39 is 17.5 Å². The average molecular weight is 454 g/mol. The van der Waals surface area contributed by atoms with Gasteiger partial charge in [-0.25, -0.2) is 18.2 Å². The van der Waals surface area contributed by atoms with E-state index in [0.29, 0.717) is 11.6 Å². The third-order valence-corrected chi connectivity index (χ3v) is 5.48. The van der Waals surface area contributed by atoms with E-state index in [1.54, 1.807) is 5.38 Å². The first-order valence-electron chi connectivity index (χ1n) is 9.64. The number of hydrogen-bond donors (Lipinski definition) is 1. The Morgan fingerprint density at radius 2 is 1.78 bits per heavy atom. The molecule has 1 heterocycles. The summed E-state index contributed by atoms with van der Waals surface area (Å²) in [6.07, 6.45) is 0. The molecule has 0 fully saturated rings. The van der Waals surface area contributed by atoms with Gasteiger partial charge in [0.25, 0.3) is 5.91 Å². The Hall–Kier alpha value is -3.65. The lowest BCUT2D eigenvalue weighted by Crippen LogP contribution is -2.23. The van der Waals surface area contributed by atoms with E-state index in [0.717, 1.165) is 41.2 Å². The maximum Gasteiger partial charge on any atom is 0.271 e. The Labute approximate surface area is 186 Å². The van der Waals surface area contributed by atoms with Crippen molar-refractivity contribution in [3.05, 3.63) is 106 Å². The number of ether oxygens (including phenoxy) is 1. The van der Waals surface area contributed by atoms with Crippen molar-refractivity contribution in [2.75, 3.05) is 0 Å². The maximum atomic E-state index is 14.6. The van der Waals surface area contributed by atoms with E-state index in [-0.39, 0.29) is 35.1 Å². The van der Waals surface area contributed by atoms with Gasteiger partial charge in [-0.15, -0.1) is 11.3 Å². The number of carbonyl (C=O) groups is 1. The smallest absolute Gasteiger partial charge is 0.271 e. The molecule has 0 saturated carbocycles. The van der Waals surface area contributed by atoms with Gasteiger partial charge in [0.1, 0.15) is 40.5 Å². The van der Waals surface area contributed by atoms with Crippen LogP contribution in [-0.4, -0.2) is 10.9 Å². The molecule has 1 N–H and O–H groups in total. The van der Waals surface area contributed by atoms with Crippen molar-refractivity contribution in [1.82, 2.24) is 10.3 Å². The van der Waals surface area contributed by atoms with E-state index >= 15 is 0 Å². The number of aromatic nitrogens is 1. The van der Waals surface area contributed by atoms with Crippen molar-refractivity contribution in [3.63, 3.8) is 0 Å². The van der Waals surface area contributed by atoms with Crippen LogP contribution in [-0.2, 0) is 13.2 Å². The fourth-order valence-electron chi connectivity index (χ4n) is 2.94. The van der Waals surface area contributed by atoms with Crippen LogP contribution in [0.3, 0.4) is 0 Å². The average Bonchev–Trinajstić information content (AvgIpc) is 3.29. The molecule has 0 unspecified atom stereocenters. The molecule has 0 aliphatic rings. The zero-order valence-electron chi connectivity index (χ0n) is 16.6. The molecule has 0 aliphatic carbocycles. The van der Waals surface area contributed by atoms with Gasteiger partial charge in [0.15, 0.2) is 0 Å². The lowest BCUT2D eigenvalue weighted by Gasteiger charge is -2.08. The number of carbonyl (C=O) groups excluding carboxylic acids is 1. The van der Waals surface area contributed by atoms with Crippen LogP contribution in [0.5, 0.6) is 5.75 Å². The number of nitrogens with zero attached hydrogens (tertiary/aromatic N) is 1. The van der Waals surface area contributed by atoms with Gasteiger partial charge in [-0.3, -0.25) is 4.79 Å². The van der Waals surface area contributed by atoms with Gasteiger partial charge in [0.05, 0.1) is 0 Å². The highest BCUT2D eigenvalue weighted by Crippen LogP contribution is 2.29. The van der Waals surface area contributed by atoms with E-state index in [4.69, 9.17) is 4.74 Å². The zero-order chi connectivity index (χ0) is 22.5. The molecule has 0 saturated heterocycles. The monoisotopic (exact) mass is 454 g/mol. The van der Waals surface area contributed by atoms with E-state index in [1.807, 2.05) is 30.3 Å². The lowest BCUT2D eigenvalue weighted by molar-refractivity contribution is 0.0946. The van der Waals surface area contributed by atoms with Crippen LogP contribution in [0.25, 0.3) is 10.6 Å². The molecule has 4 rings (SSSR count). The molecule has 8 heteroatoms. The van der Waals surface area contributed by atoms with Crippen molar-refractivity contribution < 1.29 is 22.7 Å². The molecule has 4 aromatic rings. The summed E-state index contributed by atoms with van der Waals surface area (Å²) in [5.74, 6) is -1.99. The Balaban J connectivity index is 1.41. The predicted molar refractivity (Wildman–Crippen MR) is 116 cm³/mol. The van der Waals surface area contributed by atoms with Crippen molar-refractivity contribution in [2.24, 2.45) is 0 Å². The molecular formula is C24H17F3N2O2S. The molecule has 1 amide bonds. The molecule has 4 nitrogen and oxygen atoms in total. The molecule has 0 atom stereocenters. The van der Waals surface area contributed by atoms with E-state index in [9.17, 15) is 18.0 Å². The maximum absolute atomic E-state index is 14.6. The summed E-state index contributed by atoms with van der Waals surface area (Å²) in [7, 11) is 0. The van der Waals surface area contributed by atoms with Crippen LogP contribution in [0.4, 0.5) is 13.2 Å². The second kappa shape index (κ2) is 9.65. The largest absolute Gasteiger partial charge is 0.489 e. The molecule has 0 spiro atoms. The summed E-state index contributed by atoms with van der Waals surface area (Å²) < 4.78 is 47.0. The second-order valence-corrected chi connectivity index (χ2v) is 7.73. The fraction of sp³-hybridized carbons (Fsp3) is 0.0833. The molecule has 0 radical (unpaired) electrons. The van der Waals surface area contributed by atoms with E-state index in [1.165, 1.54) is 12.1 Å². The Morgan fingerprint density at radius 1 is 0.969 bits per heavy atom. The lowest BCUT2D eigenvalue weighted by atomic mass is 10.2. The summed E-state index contributed by atoms with van der Waals surface area (Å²) in [4.78, 5) is 16.6. The van der Waals surface area contributed by atoms with Gasteiger partial charge in [-0.2, -0.15) is 0 Å². The van der Waals surface area contributed by atoms with Crippen LogP contribution < -0.4 is 10.1 Å². The van der Waals surface area contributed by atoms with Crippen LogP contribution in [0.2, 0.25) is 0 Å². The third-order valence-electron chi connectivity index (χ3n) is 4.61. The molecule has 162 valence electrons. The SMILES string of the molecule is O=C(NCc1ccccc1)c1csc(-c2ccc(OCc3cc(F)ccc3F)cc2F)n1. The van der Waals surface area contributed by atoms with Gasteiger partial charge >= 0.3 is 0 Å². The number of rotatable bonds is 7. The van der Waals surface area contributed by atoms with Crippen molar-refractivity contribution >= 4 is 17.2 Å². The van der Waals surface area contributed by atoms with Gasteiger partial charge < -0.3 is 10.1 Å².